The zero-order valence-corrected chi connectivity index (χ0v) is 18.8. The zero-order valence-electron chi connectivity index (χ0n) is 16.4. The Morgan fingerprint density at radius 1 is 1.15 bits per heavy atom. The molecule has 1 saturated carbocycles. The molecule has 0 amide bonds. The number of guanidine groups is 1. The van der Waals surface area contributed by atoms with E-state index in [1.807, 2.05) is 12.1 Å². The van der Waals surface area contributed by atoms with E-state index in [4.69, 9.17) is 4.99 Å². The second kappa shape index (κ2) is 11.8. The van der Waals surface area contributed by atoms with Gasteiger partial charge in [-0.2, -0.15) is 0 Å². The number of likely N-dealkylation sites (tertiary alicyclic amines) is 1. The summed E-state index contributed by atoms with van der Waals surface area (Å²) in [6.07, 6.45) is 7.64. The van der Waals surface area contributed by atoms with Crippen LogP contribution in [-0.4, -0.2) is 43.1 Å². The van der Waals surface area contributed by atoms with E-state index in [1.165, 1.54) is 31.2 Å². The maximum atomic E-state index is 13.0. The van der Waals surface area contributed by atoms with E-state index < -0.39 is 0 Å². The van der Waals surface area contributed by atoms with E-state index in [2.05, 4.69) is 22.5 Å². The number of aliphatic imine (C=N–C) groups is 1. The molecule has 0 aromatic heterocycles. The highest BCUT2D eigenvalue weighted by Gasteiger charge is 2.21. The molecule has 0 spiro atoms. The molecule has 6 heteroatoms. The van der Waals surface area contributed by atoms with Crippen molar-refractivity contribution < 1.29 is 4.39 Å². The van der Waals surface area contributed by atoms with Gasteiger partial charge >= 0.3 is 0 Å². The van der Waals surface area contributed by atoms with Crippen molar-refractivity contribution in [2.24, 2.45) is 10.9 Å². The Kier molecular flexibility index (Phi) is 9.82. The molecule has 1 saturated heterocycles. The summed E-state index contributed by atoms with van der Waals surface area (Å²) in [5.74, 6) is 1.80. The second-order valence-corrected chi connectivity index (χ2v) is 7.67. The van der Waals surface area contributed by atoms with Crippen LogP contribution in [0.3, 0.4) is 0 Å². The smallest absolute Gasteiger partial charge is 0.191 e. The van der Waals surface area contributed by atoms with E-state index in [9.17, 15) is 4.39 Å². The Labute approximate surface area is 180 Å². The van der Waals surface area contributed by atoms with Gasteiger partial charge < -0.3 is 10.6 Å². The first-order valence-electron chi connectivity index (χ1n) is 10.2. The topological polar surface area (TPSA) is 39.7 Å². The van der Waals surface area contributed by atoms with Crippen molar-refractivity contribution in [2.75, 3.05) is 26.2 Å². The van der Waals surface area contributed by atoms with Crippen LogP contribution in [0, 0.1) is 11.7 Å². The molecule has 27 heavy (non-hydrogen) atoms. The molecule has 2 fully saturated rings. The third kappa shape index (κ3) is 8.34. The van der Waals surface area contributed by atoms with Crippen LogP contribution in [0.1, 0.15) is 51.0 Å². The maximum absolute atomic E-state index is 13.0. The number of benzene rings is 1. The fourth-order valence-electron chi connectivity index (χ4n) is 3.57. The SMILES string of the molecule is CCNC(=NCCCC1CC1)NC1CCN(Cc2ccc(F)cc2)CC1.I. The van der Waals surface area contributed by atoms with Gasteiger partial charge in [-0.25, -0.2) is 4.39 Å². The Balaban J connectivity index is 0.00000261. The average Bonchev–Trinajstić information content (AvgIpc) is 3.47. The molecule has 3 rings (SSSR count). The fraction of sp³-hybridized carbons (Fsp3) is 0.667. The van der Waals surface area contributed by atoms with Gasteiger partial charge in [-0.15, -0.1) is 24.0 Å². The van der Waals surface area contributed by atoms with Crippen molar-refractivity contribution >= 4 is 29.9 Å². The number of nitrogens with one attached hydrogen (secondary N) is 2. The Morgan fingerprint density at radius 2 is 1.85 bits per heavy atom. The van der Waals surface area contributed by atoms with Crippen molar-refractivity contribution in [1.82, 2.24) is 15.5 Å². The van der Waals surface area contributed by atoms with Crippen LogP contribution in [0.4, 0.5) is 4.39 Å². The third-order valence-electron chi connectivity index (χ3n) is 5.33. The van der Waals surface area contributed by atoms with Crippen LogP contribution in [-0.2, 0) is 6.54 Å². The van der Waals surface area contributed by atoms with Gasteiger partial charge in [0.1, 0.15) is 5.82 Å². The van der Waals surface area contributed by atoms with Crippen molar-refractivity contribution in [3.63, 3.8) is 0 Å². The van der Waals surface area contributed by atoms with Gasteiger partial charge in [0.05, 0.1) is 0 Å². The van der Waals surface area contributed by atoms with Crippen LogP contribution >= 0.6 is 24.0 Å². The van der Waals surface area contributed by atoms with Crippen molar-refractivity contribution in [2.45, 2.75) is 58.0 Å². The minimum atomic E-state index is -0.163. The lowest BCUT2D eigenvalue weighted by molar-refractivity contribution is 0.198. The van der Waals surface area contributed by atoms with Crippen LogP contribution in [0.15, 0.2) is 29.3 Å². The predicted octanol–water partition coefficient (Wildman–Crippen LogP) is 4.15. The van der Waals surface area contributed by atoms with Gasteiger partial charge in [-0.05, 0) is 56.2 Å². The molecule has 1 aromatic carbocycles. The molecular formula is C21H34FIN4. The third-order valence-corrected chi connectivity index (χ3v) is 5.33. The Bertz CT molecular complexity index is 566. The summed E-state index contributed by atoms with van der Waals surface area (Å²) >= 11 is 0. The highest BCUT2D eigenvalue weighted by molar-refractivity contribution is 14.0. The molecule has 1 aliphatic carbocycles. The normalized spacial score (nSPS) is 18.8. The summed E-state index contributed by atoms with van der Waals surface area (Å²) in [4.78, 5) is 7.20. The van der Waals surface area contributed by atoms with Crippen LogP contribution in [0.2, 0.25) is 0 Å². The van der Waals surface area contributed by atoms with E-state index in [0.29, 0.717) is 6.04 Å². The van der Waals surface area contributed by atoms with Crippen molar-refractivity contribution in [3.05, 3.63) is 35.6 Å². The van der Waals surface area contributed by atoms with Gasteiger partial charge in [0.25, 0.3) is 0 Å². The Hall–Kier alpha value is -0.890. The van der Waals surface area contributed by atoms with Gasteiger partial charge in [0, 0.05) is 38.8 Å². The highest BCUT2D eigenvalue weighted by atomic mass is 127. The first-order valence-corrected chi connectivity index (χ1v) is 10.2. The molecule has 2 N–H and O–H groups in total. The largest absolute Gasteiger partial charge is 0.357 e. The Morgan fingerprint density at radius 3 is 2.48 bits per heavy atom. The summed E-state index contributed by atoms with van der Waals surface area (Å²) < 4.78 is 13.0. The van der Waals surface area contributed by atoms with E-state index >= 15 is 0 Å². The summed E-state index contributed by atoms with van der Waals surface area (Å²) in [5, 5.41) is 6.99. The quantitative estimate of drug-likeness (QED) is 0.250. The summed E-state index contributed by atoms with van der Waals surface area (Å²) in [6.45, 7) is 6.98. The van der Waals surface area contributed by atoms with Gasteiger partial charge in [-0.3, -0.25) is 9.89 Å². The first kappa shape index (κ1) is 22.4. The number of nitrogens with zero attached hydrogens (tertiary/aromatic N) is 2. The van der Waals surface area contributed by atoms with Crippen LogP contribution in [0.25, 0.3) is 0 Å². The lowest BCUT2D eigenvalue weighted by Gasteiger charge is -2.33. The lowest BCUT2D eigenvalue weighted by atomic mass is 10.0. The average molecular weight is 488 g/mol. The number of hydrogen-bond donors (Lipinski definition) is 2. The maximum Gasteiger partial charge on any atom is 0.191 e. The molecule has 0 bridgehead atoms. The number of rotatable bonds is 8. The molecule has 0 unspecified atom stereocenters. The standard InChI is InChI=1S/C21H33FN4.HI/c1-2-23-21(24-13-3-4-17-5-6-17)25-20-11-14-26(15-12-20)16-18-7-9-19(22)10-8-18;/h7-10,17,20H,2-6,11-16H2,1H3,(H2,23,24,25);1H. The number of hydrogen-bond acceptors (Lipinski definition) is 2. The molecule has 1 aromatic rings. The van der Waals surface area contributed by atoms with E-state index in [-0.39, 0.29) is 29.8 Å². The van der Waals surface area contributed by atoms with Gasteiger partial charge in [0.15, 0.2) is 5.96 Å². The second-order valence-electron chi connectivity index (χ2n) is 7.67. The molecule has 2 aliphatic rings. The van der Waals surface area contributed by atoms with E-state index in [1.54, 1.807) is 12.1 Å². The molecule has 152 valence electrons. The van der Waals surface area contributed by atoms with Gasteiger partial charge in [0.2, 0.25) is 0 Å². The first-order chi connectivity index (χ1) is 12.7. The molecule has 1 aliphatic heterocycles. The minimum Gasteiger partial charge on any atom is -0.357 e. The van der Waals surface area contributed by atoms with Crippen LogP contribution in [0.5, 0.6) is 0 Å². The monoisotopic (exact) mass is 488 g/mol. The zero-order chi connectivity index (χ0) is 18.2. The fourth-order valence-corrected chi connectivity index (χ4v) is 3.57. The van der Waals surface area contributed by atoms with Crippen LogP contribution < -0.4 is 10.6 Å². The van der Waals surface area contributed by atoms with Crippen molar-refractivity contribution in [1.29, 1.82) is 0 Å². The summed E-state index contributed by atoms with van der Waals surface area (Å²) in [5.41, 5.74) is 1.18. The lowest BCUT2D eigenvalue weighted by Crippen LogP contribution is -2.48. The summed E-state index contributed by atoms with van der Waals surface area (Å²) in [6, 6.07) is 7.35. The molecular weight excluding hydrogens is 454 g/mol. The molecule has 4 nitrogen and oxygen atoms in total. The van der Waals surface area contributed by atoms with E-state index in [0.717, 1.165) is 57.4 Å². The molecule has 0 radical (unpaired) electrons. The minimum absolute atomic E-state index is 0. The van der Waals surface area contributed by atoms with Gasteiger partial charge in [-0.1, -0.05) is 25.0 Å². The number of piperidine rings is 1. The highest BCUT2D eigenvalue weighted by Crippen LogP contribution is 2.33. The predicted molar refractivity (Wildman–Crippen MR) is 121 cm³/mol. The van der Waals surface area contributed by atoms with Crippen molar-refractivity contribution in [3.8, 4) is 0 Å². The summed E-state index contributed by atoms with van der Waals surface area (Å²) in [7, 11) is 0. The number of halogens is 2. The molecule has 1 heterocycles. The molecule has 0 atom stereocenters.